The van der Waals surface area contributed by atoms with Crippen molar-refractivity contribution in [1.29, 1.82) is 0 Å². The van der Waals surface area contributed by atoms with Gasteiger partial charge in [-0.2, -0.15) is 0 Å². The molecule has 2 saturated heterocycles. The van der Waals surface area contributed by atoms with Crippen LogP contribution >= 0.6 is 0 Å². The zero-order valence-electron chi connectivity index (χ0n) is 22.7. The van der Waals surface area contributed by atoms with Crippen molar-refractivity contribution in [3.63, 3.8) is 0 Å². The first kappa shape index (κ1) is 25.6. The fraction of sp³-hybridized carbons (Fsp3) is 0.613. The Labute approximate surface area is 226 Å². The van der Waals surface area contributed by atoms with E-state index >= 15 is 0 Å². The van der Waals surface area contributed by atoms with Gasteiger partial charge in [0.2, 0.25) is 5.72 Å². The number of hydrogen-bond donors (Lipinski definition) is 2. The van der Waals surface area contributed by atoms with E-state index in [0.29, 0.717) is 6.04 Å². The van der Waals surface area contributed by atoms with Crippen LogP contribution < -0.4 is 10.6 Å². The number of guanidine groups is 1. The molecule has 6 rings (SSSR count). The van der Waals surface area contributed by atoms with E-state index in [1.165, 1.54) is 0 Å². The molecule has 0 radical (unpaired) electrons. The Balaban J connectivity index is 1.27. The van der Waals surface area contributed by atoms with E-state index in [4.69, 9.17) is 14.2 Å². The summed E-state index contributed by atoms with van der Waals surface area (Å²) in [4.78, 5) is 13.8. The first-order valence-corrected chi connectivity index (χ1v) is 14.6. The molecule has 0 amide bonds. The van der Waals surface area contributed by atoms with Gasteiger partial charge >= 0.3 is 11.9 Å². The first-order valence-electron chi connectivity index (χ1n) is 14.6. The van der Waals surface area contributed by atoms with Crippen molar-refractivity contribution >= 4 is 18.0 Å². The van der Waals surface area contributed by atoms with E-state index in [9.17, 15) is 4.79 Å². The standard InChI is InChI=1S/C31H41N3O4/c1-3-25-15-7-8-18-30(38-25)21-24-16-17-26-27(28(35)36-20-10-14-23-12-5-4-6-13-23)31(19-9-11-22(2)37-31)33-29(32-30)34(24)26/h4-7,10,12-15,22,24-27H,3,8-9,11,16-21H2,1-2H3,(H,32,33)/p+1/b14-10+/t22-,24+,25+,26-,27+,30+,31-/m1/s1. The zero-order chi connectivity index (χ0) is 26.2. The van der Waals surface area contributed by atoms with Crippen molar-refractivity contribution in [1.82, 2.24) is 10.6 Å². The lowest BCUT2D eigenvalue weighted by molar-refractivity contribution is -0.609. The highest BCUT2D eigenvalue weighted by Gasteiger charge is 2.64. The lowest BCUT2D eigenvalue weighted by Crippen LogP contribution is -2.76. The average Bonchev–Trinajstić information content (AvgIpc) is 3.21. The van der Waals surface area contributed by atoms with Gasteiger partial charge in [0.25, 0.3) is 0 Å². The van der Waals surface area contributed by atoms with Crippen LogP contribution in [0.2, 0.25) is 0 Å². The van der Waals surface area contributed by atoms with Gasteiger partial charge in [-0.15, -0.1) is 0 Å². The summed E-state index contributed by atoms with van der Waals surface area (Å²) in [5, 5.41) is 7.58. The molecule has 2 fully saturated rings. The minimum Gasteiger partial charge on any atom is -0.461 e. The molecular formula is C31H42N3O4+. The van der Waals surface area contributed by atoms with Gasteiger partial charge in [-0.25, -0.2) is 10.6 Å². The molecular weight excluding hydrogens is 478 g/mol. The summed E-state index contributed by atoms with van der Waals surface area (Å²) in [6.45, 7) is 4.55. The molecule has 7 heteroatoms. The quantitative estimate of drug-likeness (QED) is 0.339. The van der Waals surface area contributed by atoms with Crippen molar-refractivity contribution < 1.29 is 23.6 Å². The highest BCUT2D eigenvalue weighted by atomic mass is 16.6. The predicted molar refractivity (Wildman–Crippen MR) is 146 cm³/mol. The summed E-state index contributed by atoms with van der Waals surface area (Å²) in [7, 11) is 0. The Bertz CT molecular complexity index is 1120. The summed E-state index contributed by atoms with van der Waals surface area (Å²) < 4.78 is 21.8. The number of rotatable bonds is 5. The normalized spacial score (nSPS) is 38.1. The summed E-state index contributed by atoms with van der Waals surface area (Å²) in [6, 6.07) is 10.5. The minimum atomic E-state index is -0.776. The van der Waals surface area contributed by atoms with Crippen LogP contribution in [-0.4, -0.2) is 58.9 Å². The molecule has 7 nitrogen and oxygen atoms in total. The van der Waals surface area contributed by atoms with Crippen LogP contribution in [0.5, 0.6) is 0 Å². The highest BCUT2D eigenvalue weighted by molar-refractivity contribution is 5.82. The molecule has 0 bridgehead atoms. The van der Waals surface area contributed by atoms with Crippen LogP contribution in [0.15, 0.2) is 48.6 Å². The number of esters is 1. The van der Waals surface area contributed by atoms with Crippen LogP contribution in [0.4, 0.5) is 0 Å². The molecule has 0 saturated carbocycles. The number of benzene rings is 1. The van der Waals surface area contributed by atoms with Gasteiger partial charge < -0.3 is 14.2 Å². The third-order valence-electron chi connectivity index (χ3n) is 9.03. The second-order valence-corrected chi connectivity index (χ2v) is 11.7. The minimum absolute atomic E-state index is 0.0443. The summed E-state index contributed by atoms with van der Waals surface area (Å²) >= 11 is 0. The smallest absolute Gasteiger partial charge is 0.350 e. The fourth-order valence-corrected chi connectivity index (χ4v) is 7.36. The molecule has 7 atom stereocenters. The lowest BCUT2D eigenvalue weighted by Gasteiger charge is -2.50. The van der Waals surface area contributed by atoms with Gasteiger partial charge in [0.05, 0.1) is 24.3 Å². The molecule has 204 valence electrons. The monoisotopic (exact) mass is 520 g/mol. The van der Waals surface area contributed by atoms with Crippen molar-refractivity contribution in [2.75, 3.05) is 6.61 Å². The molecule has 1 aromatic rings. The third kappa shape index (κ3) is 4.79. The van der Waals surface area contributed by atoms with Crippen LogP contribution in [-0.2, 0) is 19.0 Å². The number of carbonyl (C=O) groups is 1. The van der Waals surface area contributed by atoms with Crippen LogP contribution in [0, 0.1) is 5.92 Å². The van der Waals surface area contributed by atoms with Gasteiger partial charge in [0, 0.05) is 19.3 Å². The summed E-state index contributed by atoms with van der Waals surface area (Å²) in [5.41, 5.74) is -0.0853. The maximum atomic E-state index is 13.8. The van der Waals surface area contributed by atoms with Crippen molar-refractivity contribution in [2.45, 2.75) is 107 Å². The molecule has 5 heterocycles. The van der Waals surface area contributed by atoms with Gasteiger partial charge in [0.1, 0.15) is 6.61 Å². The molecule has 0 aliphatic carbocycles. The molecule has 2 spiro atoms. The van der Waals surface area contributed by atoms with E-state index in [0.717, 1.165) is 69.3 Å². The van der Waals surface area contributed by atoms with Crippen LogP contribution in [0.1, 0.15) is 77.2 Å². The molecule has 2 N–H and O–H groups in total. The van der Waals surface area contributed by atoms with E-state index in [-0.39, 0.29) is 36.7 Å². The van der Waals surface area contributed by atoms with E-state index in [1.54, 1.807) is 0 Å². The number of ether oxygens (including phenoxy) is 3. The van der Waals surface area contributed by atoms with Gasteiger partial charge in [-0.05, 0) is 57.1 Å². The van der Waals surface area contributed by atoms with E-state index in [1.807, 2.05) is 42.5 Å². The number of nitrogens with one attached hydrogen (secondary N) is 2. The van der Waals surface area contributed by atoms with E-state index in [2.05, 4.69) is 41.2 Å². The Morgan fingerprint density at radius 3 is 2.84 bits per heavy atom. The SMILES string of the molecule is CC[C@H]1C=CCC[C@@]2(C[C@@H]3CC[C@@H]4[C@@H](C(=O)OC/C=C/c5ccccc5)[C@]5(CCC[C@@H](C)O5)NC(=[N+]34)N2)O1. The van der Waals surface area contributed by atoms with Crippen molar-refractivity contribution in [3.8, 4) is 0 Å². The van der Waals surface area contributed by atoms with Gasteiger partial charge in [-0.1, -0.05) is 55.5 Å². The highest BCUT2D eigenvalue weighted by Crippen LogP contribution is 2.45. The first-order chi connectivity index (χ1) is 18.5. The Morgan fingerprint density at radius 2 is 2.03 bits per heavy atom. The van der Waals surface area contributed by atoms with Gasteiger partial charge in [-0.3, -0.25) is 9.37 Å². The van der Waals surface area contributed by atoms with E-state index < -0.39 is 11.4 Å². The van der Waals surface area contributed by atoms with Crippen LogP contribution in [0.25, 0.3) is 6.08 Å². The van der Waals surface area contributed by atoms with Crippen molar-refractivity contribution in [3.05, 3.63) is 54.1 Å². The van der Waals surface area contributed by atoms with Crippen LogP contribution in [0.3, 0.4) is 0 Å². The maximum Gasteiger partial charge on any atom is 0.350 e. The average molecular weight is 521 g/mol. The van der Waals surface area contributed by atoms with Gasteiger partial charge in [0.15, 0.2) is 11.6 Å². The Hall–Kier alpha value is -2.64. The second-order valence-electron chi connectivity index (χ2n) is 11.7. The molecule has 5 aliphatic rings. The lowest BCUT2D eigenvalue weighted by atomic mass is 9.80. The largest absolute Gasteiger partial charge is 0.461 e. The number of carbonyl (C=O) groups excluding carboxylic acids is 1. The molecule has 1 aromatic carbocycles. The van der Waals surface area contributed by atoms with Crippen molar-refractivity contribution in [2.24, 2.45) is 5.92 Å². The maximum absolute atomic E-state index is 13.8. The Kier molecular flexibility index (Phi) is 7.08. The molecule has 0 unspecified atom stereocenters. The topological polar surface area (TPSA) is 71.8 Å². The summed E-state index contributed by atoms with van der Waals surface area (Å²) in [6.07, 6.45) is 17.2. The fourth-order valence-electron chi connectivity index (χ4n) is 7.36. The summed E-state index contributed by atoms with van der Waals surface area (Å²) in [5.74, 6) is 0.415. The molecule has 5 aliphatic heterocycles. The number of hydrogen-bond acceptors (Lipinski definition) is 6. The zero-order valence-corrected chi connectivity index (χ0v) is 22.7. The predicted octanol–water partition coefficient (Wildman–Crippen LogP) is 4.48. The molecule has 38 heavy (non-hydrogen) atoms. The second kappa shape index (κ2) is 10.5. The molecule has 0 aromatic heterocycles. The third-order valence-corrected chi connectivity index (χ3v) is 9.03. The Morgan fingerprint density at radius 1 is 1.16 bits per heavy atom. The number of nitrogens with zero attached hydrogens (tertiary/aromatic N) is 1. The number of allylic oxidation sites excluding steroid dienone is 1.